The number of nitrogens with one attached hydrogen (secondary N) is 2. The highest BCUT2D eigenvalue weighted by molar-refractivity contribution is 6.42. The Balaban J connectivity index is 2.42. The summed E-state index contributed by atoms with van der Waals surface area (Å²) in [4.78, 5) is 22.6. The molecule has 0 aliphatic carbocycles. The summed E-state index contributed by atoms with van der Waals surface area (Å²) in [7, 11) is 0. The van der Waals surface area contributed by atoms with E-state index in [2.05, 4.69) is 10.6 Å². The minimum absolute atomic E-state index is 0.229. The van der Waals surface area contributed by atoms with Gasteiger partial charge in [-0.25, -0.2) is 4.79 Å². The fraction of sp³-hybridized carbons (Fsp3) is 0.333. The molecular formula is C12H14Cl2N2O3. The van der Waals surface area contributed by atoms with E-state index in [1.165, 1.54) is 0 Å². The first-order valence-electron chi connectivity index (χ1n) is 5.69. The normalized spacial score (nSPS) is 9.84. The van der Waals surface area contributed by atoms with E-state index >= 15 is 0 Å². The van der Waals surface area contributed by atoms with Gasteiger partial charge in [-0.05, 0) is 18.6 Å². The Kier molecular flexibility index (Phi) is 6.45. The molecule has 1 rings (SSSR count). The van der Waals surface area contributed by atoms with Crippen LogP contribution >= 0.6 is 23.2 Å². The number of ether oxygens (including phenoxy) is 1. The van der Waals surface area contributed by atoms with E-state index in [9.17, 15) is 9.59 Å². The van der Waals surface area contributed by atoms with E-state index < -0.39 is 11.9 Å². The lowest BCUT2D eigenvalue weighted by Gasteiger charge is -2.09. The Morgan fingerprint density at radius 3 is 2.74 bits per heavy atom. The number of benzene rings is 1. The molecule has 7 heteroatoms. The lowest BCUT2D eigenvalue weighted by Crippen LogP contribution is -2.41. The fourth-order valence-corrected chi connectivity index (χ4v) is 1.53. The lowest BCUT2D eigenvalue weighted by atomic mass is 10.3. The largest absolute Gasteiger partial charge is 0.482 e. The van der Waals surface area contributed by atoms with E-state index in [1.54, 1.807) is 18.2 Å². The van der Waals surface area contributed by atoms with Gasteiger partial charge in [-0.2, -0.15) is 0 Å². The van der Waals surface area contributed by atoms with Crippen molar-refractivity contribution < 1.29 is 14.3 Å². The zero-order chi connectivity index (χ0) is 14.3. The van der Waals surface area contributed by atoms with E-state index in [0.717, 1.165) is 6.42 Å². The summed E-state index contributed by atoms with van der Waals surface area (Å²) in [5.41, 5.74) is 0. The van der Waals surface area contributed by atoms with E-state index in [-0.39, 0.29) is 11.6 Å². The minimum Gasteiger partial charge on any atom is -0.482 e. The van der Waals surface area contributed by atoms with E-state index in [1.807, 2.05) is 6.92 Å². The molecule has 0 fully saturated rings. The van der Waals surface area contributed by atoms with Crippen molar-refractivity contribution in [2.45, 2.75) is 13.3 Å². The van der Waals surface area contributed by atoms with Crippen LogP contribution in [0, 0.1) is 0 Å². The van der Waals surface area contributed by atoms with E-state index in [0.29, 0.717) is 17.3 Å². The van der Waals surface area contributed by atoms with Crippen LogP contribution in [-0.4, -0.2) is 25.1 Å². The van der Waals surface area contributed by atoms with Crippen LogP contribution in [0.2, 0.25) is 10.0 Å². The highest BCUT2D eigenvalue weighted by Gasteiger charge is 2.10. The third-order valence-corrected chi connectivity index (χ3v) is 2.87. The fourth-order valence-electron chi connectivity index (χ4n) is 1.18. The number of halogens is 2. The molecule has 3 amide bonds. The Bertz CT molecular complexity index is 466. The number of urea groups is 1. The molecule has 0 saturated heterocycles. The van der Waals surface area contributed by atoms with Crippen LogP contribution in [0.25, 0.3) is 0 Å². The zero-order valence-electron chi connectivity index (χ0n) is 10.3. The van der Waals surface area contributed by atoms with Gasteiger partial charge >= 0.3 is 6.03 Å². The molecule has 0 aliphatic rings. The summed E-state index contributed by atoms with van der Waals surface area (Å²) in [6, 6.07) is 4.29. The molecule has 0 spiro atoms. The number of hydrogen-bond acceptors (Lipinski definition) is 3. The van der Waals surface area contributed by atoms with Gasteiger partial charge < -0.3 is 10.1 Å². The van der Waals surface area contributed by atoms with Crippen LogP contribution in [0.15, 0.2) is 18.2 Å². The maximum atomic E-state index is 11.4. The Labute approximate surface area is 121 Å². The summed E-state index contributed by atoms with van der Waals surface area (Å²) >= 11 is 11.7. The van der Waals surface area contributed by atoms with Gasteiger partial charge in [0.15, 0.2) is 6.61 Å². The molecule has 0 radical (unpaired) electrons. The van der Waals surface area contributed by atoms with Crippen molar-refractivity contribution in [1.82, 2.24) is 10.6 Å². The van der Waals surface area contributed by atoms with Gasteiger partial charge in [0.05, 0.1) is 5.02 Å². The van der Waals surface area contributed by atoms with Crippen molar-refractivity contribution in [3.63, 3.8) is 0 Å². The van der Waals surface area contributed by atoms with Crippen LogP contribution in [-0.2, 0) is 4.79 Å². The maximum absolute atomic E-state index is 11.4. The molecule has 104 valence electrons. The quantitative estimate of drug-likeness (QED) is 0.878. The molecular weight excluding hydrogens is 291 g/mol. The number of carbonyl (C=O) groups is 2. The Morgan fingerprint density at radius 1 is 1.32 bits per heavy atom. The number of carbonyl (C=O) groups excluding carboxylic acids is 2. The summed E-state index contributed by atoms with van der Waals surface area (Å²) in [6.07, 6.45) is 0.788. The molecule has 0 aromatic heterocycles. The van der Waals surface area contributed by atoms with Gasteiger partial charge in [-0.3, -0.25) is 10.1 Å². The zero-order valence-corrected chi connectivity index (χ0v) is 11.8. The first kappa shape index (κ1) is 15.6. The van der Waals surface area contributed by atoms with Crippen molar-refractivity contribution in [3.05, 3.63) is 28.2 Å². The maximum Gasteiger partial charge on any atom is 0.321 e. The van der Waals surface area contributed by atoms with Gasteiger partial charge in [0, 0.05) is 6.54 Å². The van der Waals surface area contributed by atoms with Gasteiger partial charge in [-0.1, -0.05) is 36.2 Å². The van der Waals surface area contributed by atoms with Gasteiger partial charge in [0.2, 0.25) is 0 Å². The highest BCUT2D eigenvalue weighted by atomic mass is 35.5. The van der Waals surface area contributed by atoms with Crippen molar-refractivity contribution in [2.75, 3.05) is 13.2 Å². The second kappa shape index (κ2) is 7.86. The standard InChI is InChI=1S/C12H14Cl2N2O3/c1-2-6-15-12(18)16-10(17)7-19-9-5-3-4-8(13)11(9)14/h3-5H,2,6-7H2,1H3,(H2,15,16,17,18). The number of imide groups is 1. The van der Waals surface area contributed by atoms with Crippen LogP contribution in [0.4, 0.5) is 4.79 Å². The van der Waals surface area contributed by atoms with Crippen molar-refractivity contribution in [2.24, 2.45) is 0 Å². The molecule has 5 nitrogen and oxygen atoms in total. The third kappa shape index (κ3) is 5.36. The molecule has 2 N–H and O–H groups in total. The Hall–Kier alpha value is -1.46. The number of rotatable bonds is 5. The lowest BCUT2D eigenvalue weighted by molar-refractivity contribution is -0.122. The average molecular weight is 305 g/mol. The number of amides is 3. The molecule has 0 atom stereocenters. The molecule has 1 aromatic carbocycles. The second-order valence-corrected chi connectivity index (χ2v) is 4.43. The minimum atomic E-state index is -0.565. The predicted octanol–water partition coefficient (Wildman–Crippen LogP) is 2.61. The molecule has 0 bridgehead atoms. The smallest absolute Gasteiger partial charge is 0.321 e. The first-order valence-corrected chi connectivity index (χ1v) is 6.44. The topological polar surface area (TPSA) is 67.4 Å². The molecule has 0 saturated carbocycles. The summed E-state index contributed by atoms with van der Waals surface area (Å²) in [5, 5.41) is 5.20. The third-order valence-electron chi connectivity index (χ3n) is 2.06. The van der Waals surface area contributed by atoms with Crippen LogP contribution in [0.1, 0.15) is 13.3 Å². The summed E-state index contributed by atoms with van der Waals surface area (Å²) in [6.45, 7) is 2.09. The average Bonchev–Trinajstić information content (AvgIpc) is 2.38. The first-order chi connectivity index (χ1) is 9.04. The van der Waals surface area contributed by atoms with Crippen LogP contribution in [0.3, 0.4) is 0 Å². The SMILES string of the molecule is CCCNC(=O)NC(=O)COc1cccc(Cl)c1Cl. The van der Waals surface area contributed by atoms with Gasteiger partial charge in [0.25, 0.3) is 5.91 Å². The molecule has 1 aromatic rings. The summed E-state index contributed by atoms with van der Waals surface area (Å²) in [5.74, 6) is -0.275. The molecule has 0 heterocycles. The monoisotopic (exact) mass is 304 g/mol. The molecule has 0 unspecified atom stereocenters. The summed E-state index contributed by atoms with van der Waals surface area (Å²) < 4.78 is 5.18. The Morgan fingerprint density at radius 2 is 2.05 bits per heavy atom. The van der Waals surface area contributed by atoms with Crippen molar-refractivity contribution in [1.29, 1.82) is 0 Å². The second-order valence-electron chi connectivity index (χ2n) is 3.64. The van der Waals surface area contributed by atoms with Crippen LogP contribution < -0.4 is 15.4 Å². The predicted molar refractivity (Wildman–Crippen MR) is 73.8 cm³/mol. The van der Waals surface area contributed by atoms with Gasteiger partial charge in [0.1, 0.15) is 10.8 Å². The van der Waals surface area contributed by atoms with Gasteiger partial charge in [-0.15, -0.1) is 0 Å². The molecule has 0 aliphatic heterocycles. The molecule has 19 heavy (non-hydrogen) atoms. The van der Waals surface area contributed by atoms with Crippen molar-refractivity contribution in [3.8, 4) is 5.75 Å². The van der Waals surface area contributed by atoms with Crippen LogP contribution in [0.5, 0.6) is 5.75 Å². The van der Waals surface area contributed by atoms with Crippen molar-refractivity contribution >= 4 is 35.1 Å². The number of hydrogen-bond donors (Lipinski definition) is 2. The highest BCUT2D eigenvalue weighted by Crippen LogP contribution is 2.31. The van der Waals surface area contributed by atoms with E-state index in [4.69, 9.17) is 27.9 Å².